The highest BCUT2D eigenvalue weighted by atomic mass is 16.5. The third kappa shape index (κ3) is 2.81. The number of anilines is 1. The van der Waals surface area contributed by atoms with Gasteiger partial charge >= 0.3 is 0 Å². The van der Waals surface area contributed by atoms with Gasteiger partial charge in [-0.1, -0.05) is 38.1 Å². The highest BCUT2D eigenvalue weighted by Gasteiger charge is 2.59. The number of fused-ring (bicyclic) bond motifs is 5. The Bertz CT molecular complexity index is 991. The van der Waals surface area contributed by atoms with Crippen LogP contribution in [0.4, 0.5) is 5.69 Å². The smallest absolute Gasteiger partial charge is 0.238 e. The van der Waals surface area contributed by atoms with Crippen LogP contribution in [-0.4, -0.2) is 11.8 Å². The van der Waals surface area contributed by atoms with E-state index in [0.717, 1.165) is 23.3 Å². The topological polar surface area (TPSA) is 46.6 Å². The van der Waals surface area contributed by atoms with E-state index in [0.29, 0.717) is 17.4 Å². The summed E-state index contributed by atoms with van der Waals surface area (Å²) in [6, 6.07) is 13.5. The molecule has 1 saturated heterocycles. The third-order valence-electron chi connectivity index (χ3n) is 6.58. The highest BCUT2D eigenvalue weighted by Crippen LogP contribution is 2.53. The Morgan fingerprint density at radius 1 is 0.931 bits per heavy atom. The van der Waals surface area contributed by atoms with Crippen molar-refractivity contribution in [1.82, 2.24) is 0 Å². The zero-order valence-corrected chi connectivity index (χ0v) is 17.0. The van der Waals surface area contributed by atoms with Crippen LogP contribution in [0.1, 0.15) is 37.3 Å². The molecule has 4 nitrogen and oxygen atoms in total. The van der Waals surface area contributed by atoms with Gasteiger partial charge in [0.2, 0.25) is 11.8 Å². The van der Waals surface area contributed by atoms with Crippen molar-refractivity contribution in [2.24, 2.45) is 23.7 Å². The number of carbonyl (C=O) groups is 2. The van der Waals surface area contributed by atoms with E-state index in [1.807, 2.05) is 37.3 Å². The molecule has 0 aromatic heterocycles. The van der Waals surface area contributed by atoms with Gasteiger partial charge in [-0.25, -0.2) is 0 Å². The molecule has 0 spiro atoms. The molecule has 2 aromatic rings. The van der Waals surface area contributed by atoms with E-state index in [9.17, 15) is 9.59 Å². The molecule has 148 valence electrons. The lowest BCUT2D eigenvalue weighted by atomic mass is 9.85. The number of ether oxygens (including phenoxy) is 1. The zero-order valence-electron chi connectivity index (χ0n) is 17.0. The van der Waals surface area contributed by atoms with Gasteiger partial charge in [0.1, 0.15) is 11.5 Å². The molecule has 0 radical (unpaired) electrons. The second-order valence-corrected chi connectivity index (χ2v) is 8.80. The minimum Gasteiger partial charge on any atom is -0.457 e. The quantitative estimate of drug-likeness (QED) is 0.534. The third-order valence-corrected chi connectivity index (χ3v) is 6.58. The van der Waals surface area contributed by atoms with E-state index in [2.05, 4.69) is 38.1 Å². The van der Waals surface area contributed by atoms with Crippen molar-refractivity contribution in [3.63, 3.8) is 0 Å². The summed E-state index contributed by atoms with van der Waals surface area (Å²) < 4.78 is 6.14. The number of carbonyl (C=O) groups excluding carboxylic acids is 2. The maximum Gasteiger partial charge on any atom is 0.238 e. The van der Waals surface area contributed by atoms with Gasteiger partial charge in [0.05, 0.1) is 17.5 Å². The molecule has 4 heteroatoms. The van der Waals surface area contributed by atoms with Gasteiger partial charge in [-0.3, -0.25) is 14.5 Å². The number of nitrogens with zero attached hydrogens (tertiary/aromatic N) is 1. The van der Waals surface area contributed by atoms with Crippen molar-refractivity contribution in [3.8, 4) is 11.5 Å². The molecule has 3 aliphatic rings. The van der Waals surface area contributed by atoms with Crippen LogP contribution >= 0.6 is 0 Å². The minimum absolute atomic E-state index is 0.0497. The summed E-state index contributed by atoms with van der Waals surface area (Å²) >= 11 is 0. The SMILES string of the molecule is Cc1ccc(C(C)C)c(Oc2ccc(N3C(=O)[C@@H]4[C@@H](C3=O)[C@@H]3C=C[C@@H]4C3)cc2)c1. The lowest BCUT2D eigenvalue weighted by Gasteiger charge is -2.18. The summed E-state index contributed by atoms with van der Waals surface area (Å²) in [4.78, 5) is 27.3. The molecular weight excluding hydrogens is 362 g/mol. The molecule has 0 unspecified atom stereocenters. The highest BCUT2D eigenvalue weighted by molar-refractivity contribution is 6.22. The van der Waals surface area contributed by atoms with E-state index in [1.165, 1.54) is 4.90 Å². The molecule has 1 heterocycles. The molecule has 2 amide bonds. The van der Waals surface area contributed by atoms with Crippen molar-refractivity contribution in [1.29, 1.82) is 0 Å². The summed E-state index contributed by atoms with van der Waals surface area (Å²) in [6.07, 6.45) is 5.18. The van der Waals surface area contributed by atoms with Crippen molar-refractivity contribution >= 4 is 17.5 Å². The molecule has 4 atom stereocenters. The summed E-state index contributed by atoms with van der Waals surface area (Å²) in [6.45, 7) is 6.33. The van der Waals surface area contributed by atoms with Gasteiger partial charge in [-0.2, -0.15) is 0 Å². The number of allylic oxidation sites excluding steroid dienone is 2. The predicted octanol–water partition coefficient (Wildman–Crippen LogP) is 5.22. The lowest BCUT2D eigenvalue weighted by molar-refractivity contribution is -0.123. The number of aryl methyl sites for hydroxylation is 1. The first-order chi connectivity index (χ1) is 13.9. The Kier molecular flexibility index (Phi) is 4.12. The molecule has 2 bridgehead atoms. The average Bonchev–Trinajstić information content (AvgIpc) is 3.36. The molecule has 1 aliphatic heterocycles. The first-order valence-corrected chi connectivity index (χ1v) is 10.4. The Morgan fingerprint density at radius 2 is 1.55 bits per heavy atom. The van der Waals surface area contributed by atoms with Crippen LogP contribution in [0, 0.1) is 30.6 Å². The molecule has 2 aromatic carbocycles. The zero-order chi connectivity index (χ0) is 20.3. The normalized spacial score (nSPS) is 27.2. The van der Waals surface area contributed by atoms with Gasteiger partial charge < -0.3 is 4.74 Å². The maximum absolute atomic E-state index is 13.0. The molecular formula is C25H25NO3. The van der Waals surface area contributed by atoms with Crippen LogP contribution in [0.15, 0.2) is 54.6 Å². The van der Waals surface area contributed by atoms with E-state index >= 15 is 0 Å². The first kappa shape index (κ1) is 18.2. The molecule has 2 fully saturated rings. The van der Waals surface area contributed by atoms with Gasteiger partial charge in [0, 0.05) is 0 Å². The fourth-order valence-corrected chi connectivity index (χ4v) is 5.15. The number of amides is 2. The van der Waals surface area contributed by atoms with Crippen molar-refractivity contribution in [3.05, 3.63) is 65.7 Å². The molecule has 1 saturated carbocycles. The predicted molar refractivity (Wildman–Crippen MR) is 112 cm³/mol. The van der Waals surface area contributed by atoms with Gasteiger partial charge in [-0.15, -0.1) is 0 Å². The lowest BCUT2D eigenvalue weighted by Crippen LogP contribution is -2.32. The number of imide groups is 1. The monoisotopic (exact) mass is 387 g/mol. The van der Waals surface area contributed by atoms with Crippen LogP contribution < -0.4 is 9.64 Å². The van der Waals surface area contributed by atoms with E-state index < -0.39 is 0 Å². The van der Waals surface area contributed by atoms with Gasteiger partial charge in [0.15, 0.2) is 0 Å². The fraction of sp³-hybridized carbons (Fsp3) is 0.360. The van der Waals surface area contributed by atoms with Crippen LogP contribution in [0.2, 0.25) is 0 Å². The second kappa shape index (κ2) is 6.58. The van der Waals surface area contributed by atoms with Crippen molar-refractivity contribution < 1.29 is 14.3 Å². The van der Waals surface area contributed by atoms with Crippen LogP contribution in [0.5, 0.6) is 11.5 Å². The molecule has 2 aliphatic carbocycles. The summed E-state index contributed by atoms with van der Waals surface area (Å²) in [7, 11) is 0. The molecule has 5 rings (SSSR count). The summed E-state index contributed by atoms with van der Waals surface area (Å²) in [5.41, 5.74) is 2.93. The Morgan fingerprint density at radius 3 is 2.14 bits per heavy atom. The molecule has 0 N–H and O–H groups in total. The summed E-state index contributed by atoms with van der Waals surface area (Å²) in [5.74, 6) is 1.91. The van der Waals surface area contributed by atoms with Crippen LogP contribution in [0.3, 0.4) is 0 Å². The largest absolute Gasteiger partial charge is 0.457 e. The number of hydrogen-bond donors (Lipinski definition) is 0. The summed E-state index contributed by atoms with van der Waals surface area (Å²) in [5, 5.41) is 0. The van der Waals surface area contributed by atoms with E-state index in [1.54, 1.807) is 0 Å². The van der Waals surface area contributed by atoms with Crippen LogP contribution in [0.25, 0.3) is 0 Å². The van der Waals surface area contributed by atoms with Crippen LogP contribution in [-0.2, 0) is 9.59 Å². The molecule has 29 heavy (non-hydrogen) atoms. The second-order valence-electron chi connectivity index (χ2n) is 8.80. The number of benzene rings is 2. The van der Waals surface area contributed by atoms with Crippen molar-refractivity contribution in [2.45, 2.75) is 33.1 Å². The number of rotatable bonds is 4. The standard InChI is InChI=1S/C25H25NO3/c1-14(2)20-11-4-15(3)12-21(20)29-19-9-7-18(8-10-19)26-24(27)22-16-5-6-17(13-16)23(22)25(26)28/h4-12,14,16-17,22-23H,13H2,1-3H3/t16-,17-,22+,23+/m1/s1. The average molecular weight is 387 g/mol. The van der Waals surface area contributed by atoms with E-state index in [4.69, 9.17) is 4.74 Å². The maximum atomic E-state index is 13.0. The Labute approximate surface area is 171 Å². The first-order valence-electron chi connectivity index (χ1n) is 10.4. The Hall–Kier alpha value is -2.88. The van der Waals surface area contributed by atoms with Crippen molar-refractivity contribution in [2.75, 3.05) is 4.90 Å². The van der Waals surface area contributed by atoms with E-state index in [-0.39, 0.29) is 35.5 Å². The van der Waals surface area contributed by atoms with Gasteiger partial charge in [0.25, 0.3) is 0 Å². The minimum atomic E-state index is -0.172. The van der Waals surface area contributed by atoms with Gasteiger partial charge in [-0.05, 0) is 72.6 Å². The fourth-order valence-electron chi connectivity index (χ4n) is 5.15. The Balaban J connectivity index is 1.39. The number of hydrogen-bond acceptors (Lipinski definition) is 3.